The number of carbonyl (C=O) groups excluding carboxylic acids is 1. The largest absolute Gasteiger partial charge is 0.481 e. The molecule has 0 atom stereocenters. The Balaban J connectivity index is 2.95. The van der Waals surface area contributed by atoms with Crippen molar-refractivity contribution < 1.29 is 19.1 Å². The summed E-state index contributed by atoms with van der Waals surface area (Å²) in [6.07, 6.45) is -0.692. The minimum absolute atomic E-state index is 0.0428. The van der Waals surface area contributed by atoms with E-state index in [1.807, 2.05) is 0 Å². The number of hydrogen-bond acceptors (Lipinski definition) is 2. The third-order valence-corrected chi connectivity index (χ3v) is 2.18. The first kappa shape index (κ1) is 12.4. The molecule has 0 saturated carbocycles. The molecule has 0 heterocycles. The van der Waals surface area contributed by atoms with Crippen LogP contribution in [-0.4, -0.2) is 24.0 Å². The van der Waals surface area contributed by atoms with Gasteiger partial charge in [0, 0.05) is 12.1 Å². The molecular formula is C10H9ClFNO3. The van der Waals surface area contributed by atoms with E-state index in [-0.39, 0.29) is 10.7 Å². The van der Waals surface area contributed by atoms with Gasteiger partial charge in [0.1, 0.15) is 12.2 Å². The highest BCUT2D eigenvalue weighted by Gasteiger charge is 2.17. The van der Waals surface area contributed by atoms with Gasteiger partial charge in [0.05, 0.1) is 5.69 Å². The maximum absolute atomic E-state index is 13.3. The van der Waals surface area contributed by atoms with E-state index in [2.05, 4.69) is 0 Å². The molecule has 0 spiro atoms. The van der Waals surface area contributed by atoms with Crippen LogP contribution in [-0.2, 0) is 9.59 Å². The topological polar surface area (TPSA) is 57.6 Å². The van der Waals surface area contributed by atoms with E-state index in [0.717, 1.165) is 11.0 Å². The number of carboxylic acids is 1. The lowest BCUT2D eigenvalue weighted by molar-refractivity contribution is -0.140. The van der Waals surface area contributed by atoms with Gasteiger partial charge in [-0.3, -0.25) is 9.59 Å². The van der Waals surface area contributed by atoms with Crippen molar-refractivity contribution in [2.75, 3.05) is 11.9 Å². The molecule has 0 radical (unpaired) electrons. The van der Waals surface area contributed by atoms with Crippen LogP contribution < -0.4 is 4.90 Å². The molecule has 1 rings (SSSR count). The van der Waals surface area contributed by atoms with Crippen molar-refractivity contribution in [1.29, 1.82) is 0 Å². The molecule has 0 aliphatic carbocycles. The number of hydrogen-bond donors (Lipinski definition) is 1. The SMILES string of the molecule is CN(C(=O)CC(=O)O)c1cc(Cl)ccc1F. The van der Waals surface area contributed by atoms with E-state index in [9.17, 15) is 14.0 Å². The minimum Gasteiger partial charge on any atom is -0.481 e. The minimum atomic E-state index is -1.26. The van der Waals surface area contributed by atoms with Gasteiger partial charge in [0.2, 0.25) is 5.91 Å². The zero-order valence-electron chi connectivity index (χ0n) is 8.41. The number of nitrogens with zero attached hydrogens (tertiary/aromatic N) is 1. The molecule has 16 heavy (non-hydrogen) atoms. The number of anilines is 1. The molecule has 0 aliphatic rings. The molecule has 1 aromatic carbocycles. The first-order valence-corrected chi connectivity index (χ1v) is 4.73. The summed E-state index contributed by atoms with van der Waals surface area (Å²) in [5, 5.41) is 8.71. The monoisotopic (exact) mass is 245 g/mol. The molecular weight excluding hydrogens is 237 g/mol. The van der Waals surface area contributed by atoms with Gasteiger partial charge in [-0.2, -0.15) is 0 Å². The molecule has 1 N–H and O–H groups in total. The van der Waals surface area contributed by atoms with Gasteiger partial charge in [0.15, 0.2) is 0 Å². The predicted octanol–water partition coefficient (Wildman–Crippen LogP) is 1.92. The molecule has 4 nitrogen and oxygen atoms in total. The van der Waals surface area contributed by atoms with Crippen LogP contribution in [0.5, 0.6) is 0 Å². The molecule has 0 aromatic heterocycles. The van der Waals surface area contributed by atoms with Crippen LogP contribution >= 0.6 is 11.6 Å². The number of aliphatic carboxylic acids is 1. The Bertz CT molecular complexity index is 436. The van der Waals surface area contributed by atoms with Gasteiger partial charge in [-0.1, -0.05) is 11.6 Å². The Morgan fingerprint density at radius 3 is 2.69 bits per heavy atom. The van der Waals surface area contributed by atoms with Crippen LogP contribution in [0.25, 0.3) is 0 Å². The molecule has 0 bridgehead atoms. The van der Waals surface area contributed by atoms with Crippen LogP contribution in [0.3, 0.4) is 0 Å². The van der Waals surface area contributed by atoms with Gasteiger partial charge in [-0.15, -0.1) is 0 Å². The average Bonchev–Trinajstić information content (AvgIpc) is 2.19. The second-order valence-corrected chi connectivity index (χ2v) is 3.56. The maximum atomic E-state index is 13.3. The molecule has 0 aliphatic heterocycles. The van der Waals surface area contributed by atoms with Gasteiger partial charge in [-0.05, 0) is 18.2 Å². The number of carbonyl (C=O) groups is 2. The molecule has 6 heteroatoms. The first-order valence-electron chi connectivity index (χ1n) is 4.35. The highest BCUT2D eigenvalue weighted by molar-refractivity contribution is 6.31. The molecule has 0 saturated heterocycles. The summed E-state index contributed by atoms with van der Waals surface area (Å²) in [5.74, 6) is -2.61. The second kappa shape index (κ2) is 4.94. The number of halogens is 2. The quantitative estimate of drug-likeness (QED) is 0.828. The first-order chi connectivity index (χ1) is 7.41. The van der Waals surface area contributed by atoms with Gasteiger partial charge < -0.3 is 10.0 Å². The lowest BCUT2D eigenvalue weighted by Crippen LogP contribution is -2.28. The number of carboxylic acid groups (broad SMARTS) is 1. The number of rotatable bonds is 3. The van der Waals surface area contributed by atoms with Crippen molar-refractivity contribution in [3.8, 4) is 0 Å². The van der Waals surface area contributed by atoms with Crippen LogP contribution in [0.2, 0.25) is 5.02 Å². The van der Waals surface area contributed by atoms with Gasteiger partial charge >= 0.3 is 5.97 Å². The zero-order valence-corrected chi connectivity index (χ0v) is 9.16. The zero-order chi connectivity index (χ0) is 12.3. The summed E-state index contributed by atoms with van der Waals surface area (Å²) in [7, 11) is 1.29. The van der Waals surface area contributed by atoms with Crippen LogP contribution in [0.1, 0.15) is 6.42 Å². The van der Waals surface area contributed by atoms with Crippen molar-refractivity contribution in [2.45, 2.75) is 6.42 Å². The van der Waals surface area contributed by atoms with Crippen molar-refractivity contribution in [3.63, 3.8) is 0 Å². The molecule has 0 unspecified atom stereocenters. The Morgan fingerprint density at radius 2 is 2.12 bits per heavy atom. The summed E-state index contributed by atoms with van der Waals surface area (Å²) < 4.78 is 13.3. The smallest absolute Gasteiger partial charge is 0.312 e. The van der Waals surface area contributed by atoms with Crippen molar-refractivity contribution in [3.05, 3.63) is 29.0 Å². The predicted molar refractivity (Wildman–Crippen MR) is 57.1 cm³/mol. The molecule has 1 aromatic rings. The summed E-state index contributed by atoms with van der Waals surface area (Å²) in [6.45, 7) is 0. The van der Waals surface area contributed by atoms with E-state index in [1.165, 1.54) is 19.2 Å². The van der Waals surface area contributed by atoms with E-state index in [4.69, 9.17) is 16.7 Å². The normalized spacial score (nSPS) is 9.94. The van der Waals surface area contributed by atoms with Crippen molar-refractivity contribution in [1.82, 2.24) is 0 Å². The summed E-state index contributed by atoms with van der Waals surface area (Å²) in [5.41, 5.74) is -0.0428. The van der Waals surface area contributed by atoms with Crippen molar-refractivity contribution in [2.24, 2.45) is 0 Å². The Labute approximate surface area is 96.2 Å². The second-order valence-electron chi connectivity index (χ2n) is 3.12. The molecule has 86 valence electrons. The fourth-order valence-corrected chi connectivity index (χ4v) is 1.29. The number of benzene rings is 1. The molecule has 1 amide bonds. The lowest BCUT2D eigenvalue weighted by atomic mass is 10.2. The third kappa shape index (κ3) is 2.93. The maximum Gasteiger partial charge on any atom is 0.312 e. The highest BCUT2D eigenvalue weighted by Crippen LogP contribution is 2.23. The summed E-state index contributed by atoms with van der Waals surface area (Å²) >= 11 is 5.65. The fourth-order valence-electron chi connectivity index (χ4n) is 1.13. The van der Waals surface area contributed by atoms with Crippen LogP contribution in [0.4, 0.5) is 10.1 Å². The van der Waals surface area contributed by atoms with Gasteiger partial charge in [-0.25, -0.2) is 4.39 Å². The van der Waals surface area contributed by atoms with Crippen molar-refractivity contribution >= 4 is 29.2 Å². The lowest BCUT2D eigenvalue weighted by Gasteiger charge is -2.17. The fraction of sp³-hybridized carbons (Fsp3) is 0.200. The van der Waals surface area contributed by atoms with E-state index >= 15 is 0 Å². The number of amides is 1. The summed E-state index contributed by atoms with van der Waals surface area (Å²) in [6, 6.07) is 3.72. The van der Waals surface area contributed by atoms with E-state index in [0.29, 0.717) is 0 Å². The molecule has 0 fully saturated rings. The summed E-state index contributed by atoms with van der Waals surface area (Å²) in [4.78, 5) is 22.6. The standard InChI is InChI=1S/C10H9ClFNO3/c1-13(9(14)5-10(15)16)8-4-6(11)2-3-7(8)12/h2-4H,5H2,1H3,(H,15,16). The van der Waals surface area contributed by atoms with Crippen LogP contribution in [0, 0.1) is 5.82 Å². The van der Waals surface area contributed by atoms with E-state index in [1.54, 1.807) is 0 Å². The average molecular weight is 246 g/mol. The van der Waals surface area contributed by atoms with Crippen LogP contribution in [0.15, 0.2) is 18.2 Å². The Kier molecular flexibility index (Phi) is 3.84. The Morgan fingerprint density at radius 1 is 1.50 bits per heavy atom. The highest BCUT2D eigenvalue weighted by atomic mass is 35.5. The Hall–Kier alpha value is -1.62. The van der Waals surface area contributed by atoms with E-state index < -0.39 is 24.1 Å². The van der Waals surface area contributed by atoms with Gasteiger partial charge in [0.25, 0.3) is 0 Å². The third-order valence-electron chi connectivity index (χ3n) is 1.95.